The highest BCUT2D eigenvalue weighted by atomic mass is 32.2. The molecule has 0 aromatic carbocycles. The van der Waals surface area contributed by atoms with Crippen LogP contribution in [0.15, 0.2) is 6.20 Å². The van der Waals surface area contributed by atoms with Gasteiger partial charge in [-0.3, -0.25) is 4.68 Å². The summed E-state index contributed by atoms with van der Waals surface area (Å²) in [5.41, 5.74) is 5.31. The number of nitrogen functional groups attached to an aromatic ring is 1. The third-order valence-corrected chi connectivity index (χ3v) is 5.13. The van der Waals surface area contributed by atoms with E-state index in [2.05, 4.69) is 5.10 Å². The fourth-order valence-corrected chi connectivity index (χ4v) is 4.32. The lowest BCUT2D eigenvalue weighted by Gasteiger charge is -2.22. The predicted octanol–water partition coefficient (Wildman–Crippen LogP) is 0.176. The minimum Gasteiger partial charge on any atom is -0.461 e. The van der Waals surface area contributed by atoms with E-state index in [-0.39, 0.29) is 29.5 Å². The fraction of sp³-hybridized carbons (Fsp3) is 0.636. The highest BCUT2D eigenvalue weighted by molar-refractivity contribution is 7.91. The zero-order chi connectivity index (χ0) is 14.3. The van der Waals surface area contributed by atoms with Gasteiger partial charge in [0.05, 0.1) is 29.3 Å². The van der Waals surface area contributed by atoms with Crippen LogP contribution >= 0.6 is 0 Å². The van der Waals surface area contributed by atoms with Crippen LogP contribution < -0.4 is 5.73 Å². The van der Waals surface area contributed by atoms with Gasteiger partial charge in [-0.15, -0.1) is 0 Å². The molecule has 1 unspecified atom stereocenters. The highest BCUT2D eigenvalue weighted by Crippen LogP contribution is 2.31. The fourth-order valence-electron chi connectivity index (χ4n) is 2.20. The maximum atomic E-state index is 11.6. The van der Waals surface area contributed by atoms with Crippen LogP contribution in [-0.4, -0.2) is 42.3 Å². The lowest BCUT2D eigenvalue weighted by molar-refractivity contribution is 0.0518. The van der Waals surface area contributed by atoms with E-state index in [0.29, 0.717) is 6.42 Å². The molecule has 0 bridgehead atoms. The first-order chi connectivity index (χ1) is 8.77. The van der Waals surface area contributed by atoms with E-state index in [4.69, 9.17) is 10.5 Å². The molecule has 0 aliphatic carbocycles. The van der Waals surface area contributed by atoms with Gasteiger partial charge in [0.2, 0.25) is 0 Å². The number of rotatable bonds is 3. The molecule has 1 aliphatic heterocycles. The Balaban J connectivity index is 2.33. The summed E-state index contributed by atoms with van der Waals surface area (Å²) in [4.78, 5) is 11.6. The Morgan fingerprint density at radius 3 is 2.84 bits per heavy atom. The topological polar surface area (TPSA) is 104 Å². The molecule has 0 saturated carbocycles. The smallest absolute Gasteiger partial charge is 0.361 e. The number of nitrogens with zero attached hydrogens (tertiary/aromatic N) is 2. The van der Waals surface area contributed by atoms with Crippen LogP contribution in [0.2, 0.25) is 0 Å². The van der Waals surface area contributed by atoms with Crippen LogP contribution in [0.3, 0.4) is 0 Å². The van der Waals surface area contributed by atoms with Crippen molar-refractivity contribution in [3.63, 3.8) is 0 Å². The maximum Gasteiger partial charge on any atom is 0.361 e. The highest BCUT2D eigenvalue weighted by Gasteiger charge is 2.41. The van der Waals surface area contributed by atoms with Crippen LogP contribution in [0, 0.1) is 0 Å². The summed E-state index contributed by atoms with van der Waals surface area (Å²) in [6, 6.07) is 0. The number of sulfone groups is 1. The van der Waals surface area contributed by atoms with Crippen LogP contribution in [-0.2, 0) is 20.1 Å². The monoisotopic (exact) mass is 287 g/mol. The summed E-state index contributed by atoms with van der Waals surface area (Å²) in [6.45, 7) is 3.71. The Hall–Kier alpha value is -1.57. The number of ether oxygens (including phenoxy) is 1. The van der Waals surface area contributed by atoms with Gasteiger partial charge in [-0.05, 0) is 20.3 Å². The molecule has 2 N–H and O–H groups in total. The van der Waals surface area contributed by atoms with E-state index < -0.39 is 21.3 Å². The minimum atomic E-state index is -3.05. The second kappa shape index (κ2) is 4.52. The molecule has 106 valence electrons. The summed E-state index contributed by atoms with van der Waals surface area (Å²) in [5, 5.41) is 4.10. The standard InChI is InChI=1S/C11H17N3O4S/c1-3-18-10(15)9-8(12)6-14(13-9)11(2)4-5-19(16,17)7-11/h6H,3-5,7,12H2,1-2H3. The van der Waals surface area contributed by atoms with Crippen molar-refractivity contribution >= 4 is 21.5 Å². The van der Waals surface area contributed by atoms with Gasteiger partial charge in [0, 0.05) is 6.20 Å². The molecule has 0 spiro atoms. The molecule has 1 aliphatic rings. The number of hydrogen-bond donors (Lipinski definition) is 1. The molecular formula is C11H17N3O4S. The van der Waals surface area contributed by atoms with Crippen LogP contribution in [0.5, 0.6) is 0 Å². The molecule has 1 aromatic rings. The Labute approximate surface area is 111 Å². The first kappa shape index (κ1) is 13.9. The van der Waals surface area contributed by atoms with E-state index in [9.17, 15) is 13.2 Å². The summed E-state index contributed by atoms with van der Waals surface area (Å²) >= 11 is 0. The Kier molecular flexibility index (Phi) is 3.29. The number of esters is 1. The van der Waals surface area contributed by atoms with Crippen molar-refractivity contribution in [2.75, 3.05) is 23.8 Å². The van der Waals surface area contributed by atoms with E-state index in [1.165, 1.54) is 10.9 Å². The zero-order valence-corrected chi connectivity index (χ0v) is 11.7. The van der Waals surface area contributed by atoms with Crippen LogP contribution in [0.1, 0.15) is 30.8 Å². The largest absolute Gasteiger partial charge is 0.461 e. The number of nitrogens with two attached hydrogens (primary N) is 1. The predicted molar refractivity (Wildman–Crippen MR) is 69.5 cm³/mol. The summed E-state index contributed by atoms with van der Waals surface area (Å²) in [7, 11) is -3.05. The summed E-state index contributed by atoms with van der Waals surface area (Å²) in [5.74, 6) is -0.468. The van der Waals surface area contributed by atoms with E-state index in [1.54, 1.807) is 13.8 Å². The van der Waals surface area contributed by atoms with Crippen molar-refractivity contribution in [1.29, 1.82) is 0 Å². The lowest BCUT2D eigenvalue weighted by Crippen LogP contribution is -2.32. The molecule has 0 amide bonds. The zero-order valence-electron chi connectivity index (χ0n) is 10.9. The molecule has 8 heteroatoms. The summed E-state index contributed by atoms with van der Waals surface area (Å²) < 4.78 is 29.5. The Morgan fingerprint density at radius 2 is 2.32 bits per heavy atom. The average molecular weight is 287 g/mol. The van der Waals surface area contributed by atoms with Gasteiger partial charge < -0.3 is 10.5 Å². The molecule has 1 saturated heterocycles. The second-order valence-corrected chi connectivity index (χ2v) is 7.12. The SMILES string of the molecule is CCOC(=O)c1nn(C2(C)CCS(=O)(=O)C2)cc1N. The van der Waals surface area contributed by atoms with Crippen molar-refractivity contribution in [3.05, 3.63) is 11.9 Å². The van der Waals surface area contributed by atoms with Crippen LogP contribution in [0.25, 0.3) is 0 Å². The first-order valence-electron chi connectivity index (χ1n) is 6.00. The third kappa shape index (κ3) is 2.58. The van der Waals surface area contributed by atoms with E-state index in [0.717, 1.165) is 0 Å². The van der Waals surface area contributed by atoms with Gasteiger partial charge in [0.1, 0.15) is 0 Å². The minimum absolute atomic E-state index is 0.00336. The van der Waals surface area contributed by atoms with Gasteiger partial charge in [0.15, 0.2) is 15.5 Å². The van der Waals surface area contributed by atoms with Gasteiger partial charge in [-0.2, -0.15) is 5.10 Å². The molecule has 1 atom stereocenters. The number of carbonyl (C=O) groups excluding carboxylic acids is 1. The second-order valence-electron chi connectivity index (χ2n) is 4.94. The third-order valence-electron chi connectivity index (χ3n) is 3.25. The molecular weight excluding hydrogens is 270 g/mol. The van der Waals surface area contributed by atoms with Crippen molar-refractivity contribution in [1.82, 2.24) is 9.78 Å². The van der Waals surface area contributed by atoms with Crippen molar-refractivity contribution in [3.8, 4) is 0 Å². The summed E-state index contributed by atoms with van der Waals surface area (Å²) in [6.07, 6.45) is 1.95. The van der Waals surface area contributed by atoms with Gasteiger partial charge >= 0.3 is 5.97 Å². The first-order valence-corrected chi connectivity index (χ1v) is 7.83. The quantitative estimate of drug-likeness (QED) is 0.795. The normalized spacial score (nSPS) is 25.4. The average Bonchev–Trinajstić information content (AvgIpc) is 2.81. The molecule has 7 nitrogen and oxygen atoms in total. The molecule has 0 radical (unpaired) electrons. The van der Waals surface area contributed by atoms with Gasteiger partial charge in [0.25, 0.3) is 0 Å². The molecule has 2 heterocycles. The molecule has 19 heavy (non-hydrogen) atoms. The maximum absolute atomic E-state index is 11.6. The molecule has 1 fully saturated rings. The number of carbonyl (C=O) groups is 1. The Bertz CT molecular complexity index is 607. The van der Waals surface area contributed by atoms with Crippen molar-refractivity contribution < 1.29 is 17.9 Å². The number of aromatic nitrogens is 2. The van der Waals surface area contributed by atoms with Gasteiger partial charge in [-0.1, -0.05) is 0 Å². The number of hydrogen-bond acceptors (Lipinski definition) is 6. The van der Waals surface area contributed by atoms with Crippen LogP contribution in [0.4, 0.5) is 5.69 Å². The van der Waals surface area contributed by atoms with Crippen molar-refractivity contribution in [2.45, 2.75) is 25.8 Å². The Morgan fingerprint density at radius 1 is 1.63 bits per heavy atom. The van der Waals surface area contributed by atoms with E-state index in [1.807, 2.05) is 0 Å². The molecule has 1 aromatic heterocycles. The van der Waals surface area contributed by atoms with Gasteiger partial charge in [-0.25, -0.2) is 13.2 Å². The van der Waals surface area contributed by atoms with E-state index >= 15 is 0 Å². The lowest BCUT2D eigenvalue weighted by atomic mass is 10.0. The molecule has 2 rings (SSSR count). The number of anilines is 1. The van der Waals surface area contributed by atoms with Crippen molar-refractivity contribution in [2.24, 2.45) is 0 Å².